The molecule has 0 aliphatic carbocycles. The molecule has 0 spiro atoms. The molecule has 4 heteroatoms. The molecule has 0 N–H and O–H groups in total. The van der Waals surface area contributed by atoms with E-state index in [1.165, 1.54) is 89.3 Å². The highest BCUT2D eigenvalue weighted by atomic mass is 16.3. The summed E-state index contributed by atoms with van der Waals surface area (Å²) in [5, 5.41) is 2.28. The third-order valence-corrected chi connectivity index (χ3v) is 16.4. The molecule has 0 radical (unpaired) electrons. The number of unbranched alkanes of at least 4 members (excludes halogenated alkanes) is 1. The zero-order valence-corrected chi connectivity index (χ0v) is 44.7. The van der Waals surface area contributed by atoms with Crippen LogP contribution < -0.4 is 26.2 Å². The smallest absolute Gasteiger partial charge is 0.252 e. The van der Waals surface area contributed by atoms with Crippen LogP contribution in [0.3, 0.4) is 0 Å². The molecule has 0 amide bonds. The summed E-state index contributed by atoms with van der Waals surface area (Å²) in [5.74, 6) is 0. The van der Waals surface area contributed by atoms with E-state index in [2.05, 4.69) is 286 Å². The van der Waals surface area contributed by atoms with Gasteiger partial charge in [-0.3, -0.25) is 0 Å². The fourth-order valence-electron chi connectivity index (χ4n) is 12.6. The van der Waals surface area contributed by atoms with Crippen LogP contribution in [0.25, 0.3) is 77.6 Å². The predicted octanol–water partition coefficient (Wildman–Crippen LogP) is 18.6. The number of nitrogens with zero attached hydrogens (tertiary/aromatic N) is 2. The average Bonchev–Trinajstić information content (AvgIpc) is 2.65. The molecule has 0 fully saturated rings. The molecule has 3 nitrogen and oxygen atoms in total. The van der Waals surface area contributed by atoms with Crippen molar-refractivity contribution in [1.82, 2.24) is 0 Å². The number of aryl methyl sites for hydroxylation is 1. The third-order valence-electron chi connectivity index (χ3n) is 16.4. The lowest BCUT2D eigenvalue weighted by atomic mass is 9.33. The van der Waals surface area contributed by atoms with Crippen molar-refractivity contribution in [3.63, 3.8) is 0 Å². The molecule has 374 valence electrons. The summed E-state index contributed by atoms with van der Waals surface area (Å²) >= 11 is 0. The van der Waals surface area contributed by atoms with Gasteiger partial charge in [0.2, 0.25) is 0 Å². The van der Waals surface area contributed by atoms with Gasteiger partial charge < -0.3 is 14.2 Å². The largest absolute Gasteiger partial charge is 0.456 e. The van der Waals surface area contributed by atoms with Gasteiger partial charge in [-0.2, -0.15) is 0 Å². The molecule has 3 heterocycles. The first-order valence-corrected chi connectivity index (χ1v) is 27.8. The van der Waals surface area contributed by atoms with Crippen LogP contribution in [0.2, 0.25) is 0 Å². The van der Waals surface area contributed by atoms with Crippen molar-refractivity contribution in [2.75, 3.05) is 9.80 Å². The molecule has 12 aromatic rings. The van der Waals surface area contributed by atoms with E-state index >= 15 is 0 Å². The van der Waals surface area contributed by atoms with E-state index in [0.29, 0.717) is 0 Å². The van der Waals surface area contributed by atoms with Crippen LogP contribution in [0, 0.1) is 0 Å². The summed E-state index contributed by atoms with van der Waals surface area (Å²) in [6, 6.07) is 92.6. The van der Waals surface area contributed by atoms with Crippen molar-refractivity contribution in [1.29, 1.82) is 0 Å². The standard InChI is InChI=1S/C74H59BN2O/c1-5-6-24-54-39-42-69-70(59-35-22-23-36-68(59)78-69)72(54)76-64-40-37-55(49-25-12-7-13-26-49)45-62(64)75-63-46-56(50-27-14-8-15-28-50)38-41-65(63)77(67-48-58(74(2,3)4)47-66(76)71(67)75)73-60(52-31-18-10-19-32-52)43-57(51-29-16-9-17-30-51)44-61(73)53-33-20-11-21-34-53/h7-23,25-48H,5-6,24H2,1-4H3. The first-order valence-electron chi connectivity index (χ1n) is 27.8. The lowest BCUT2D eigenvalue weighted by Crippen LogP contribution is -2.61. The van der Waals surface area contributed by atoms with E-state index in [1.54, 1.807) is 0 Å². The fourth-order valence-corrected chi connectivity index (χ4v) is 12.6. The predicted molar refractivity (Wildman–Crippen MR) is 332 cm³/mol. The monoisotopic (exact) mass is 1000 g/mol. The Morgan fingerprint density at radius 2 is 0.859 bits per heavy atom. The van der Waals surface area contributed by atoms with Gasteiger partial charge in [-0.15, -0.1) is 0 Å². The van der Waals surface area contributed by atoms with Crippen LogP contribution in [-0.2, 0) is 11.8 Å². The summed E-state index contributed by atoms with van der Waals surface area (Å²) in [6.07, 6.45) is 3.09. The Labute approximate surface area is 458 Å². The van der Waals surface area contributed by atoms with Crippen molar-refractivity contribution in [2.24, 2.45) is 0 Å². The van der Waals surface area contributed by atoms with Gasteiger partial charge >= 0.3 is 0 Å². The van der Waals surface area contributed by atoms with E-state index in [-0.39, 0.29) is 12.1 Å². The number of hydrogen-bond acceptors (Lipinski definition) is 3. The second-order valence-electron chi connectivity index (χ2n) is 22.2. The lowest BCUT2D eigenvalue weighted by Gasteiger charge is -2.46. The molecule has 0 unspecified atom stereocenters. The van der Waals surface area contributed by atoms with Crippen LogP contribution >= 0.6 is 0 Å². The quantitative estimate of drug-likeness (QED) is 0.127. The number of benzene rings is 11. The maximum absolute atomic E-state index is 6.85. The molecule has 78 heavy (non-hydrogen) atoms. The Bertz CT molecular complexity index is 4160. The number of rotatable bonds is 10. The second-order valence-corrected chi connectivity index (χ2v) is 22.2. The second kappa shape index (κ2) is 19.2. The van der Waals surface area contributed by atoms with Gasteiger partial charge in [0, 0.05) is 39.3 Å². The SMILES string of the molecule is CCCCc1ccc2oc3ccccc3c2c1N1c2ccc(-c3ccccc3)cc2B2c3cc(-c4ccccc4)ccc3N(c3c(-c4ccccc4)cc(-c4ccccc4)cc3-c3ccccc3)c3cc(C(C)(C)C)cc1c32. The molecular weight excluding hydrogens is 944 g/mol. The van der Waals surface area contributed by atoms with Gasteiger partial charge in [0.1, 0.15) is 11.2 Å². The average molecular weight is 1000 g/mol. The number of anilines is 6. The number of fused-ring (bicyclic) bond motifs is 7. The summed E-state index contributed by atoms with van der Waals surface area (Å²) in [7, 11) is 0. The van der Waals surface area contributed by atoms with Crippen molar-refractivity contribution in [2.45, 2.75) is 52.4 Å². The molecule has 14 rings (SSSR count). The zero-order chi connectivity index (χ0) is 52.5. The third kappa shape index (κ3) is 7.97. The van der Waals surface area contributed by atoms with E-state index in [0.717, 1.165) is 69.1 Å². The van der Waals surface area contributed by atoms with E-state index in [1.807, 2.05) is 0 Å². The number of para-hydroxylation sites is 1. The van der Waals surface area contributed by atoms with E-state index in [4.69, 9.17) is 4.42 Å². The molecular formula is C74H59BN2O. The highest BCUT2D eigenvalue weighted by molar-refractivity contribution is 7.00. The fraction of sp³-hybridized carbons (Fsp3) is 0.108. The topological polar surface area (TPSA) is 19.6 Å². The Morgan fingerprint density at radius 3 is 1.36 bits per heavy atom. The van der Waals surface area contributed by atoms with Gasteiger partial charge in [-0.05, 0) is 139 Å². The minimum Gasteiger partial charge on any atom is -0.456 e. The van der Waals surface area contributed by atoms with Gasteiger partial charge in [0.05, 0.1) is 16.8 Å². The maximum Gasteiger partial charge on any atom is 0.252 e. The van der Waals surface area contributed by atoms with Crippen LogP contribution in [0.1, 0.15) is 51.7 Å². The highest BCUT2D eigenvalue weighted by Gasteiger charge is 2.46. The molecule has 0 saturated heterocycles. The minimum atomic E-state index is -0.228. The van der Waals surface area contributed by atoms with Gasteiger partial charge in [-0.1, -0.05) is 234 Å². The minimum absolute atomic E-state index is 0.142. The van der Waals surface area contributed by atoms with E-state index in [9.17, 15) is 0 Å². The number of hydrogen-bond donors (Lipinski definition) is 0. The normalized spacial score (nSPS) is 12.7. The summed E-state index contributed by atoms with van der Waals surface area (Å²) in [6.45, 7) is 9.27. The van der Waals surface area contributed by atoms with Crippen LogP contribution in [0.15, 0.2) is 253 Å². The molecule has 0 bridgehead atoms. The Kier molecular flexibility index (Phi) is 11.6. The van der Waals surface area contributed by atoms with Crippen molar-refractivity contribution >= 4 is 79.2 Å². The maximum atomic E-state index is 6.85. The summed E-state index contributed by atoms with van der Waals surface area (Å²) < 4.78 is 6.85. The first kappa shape index (κ1) is 47.3. The molecule has 0 atom stereocenters. The highest BCUT2D eigenvalue weighted by Crippen LogP contribution is 2.54. The van der Waals surface area contributed by atoms with Crippen molar-refractivity contribution in [3.8, 4) is 55.6 Å². The van der Waals surface area contributed by atoms with E-state index < -0.39 is 0 Å². The van der Waals surface area contributed by atoms with Gasteiger partial charge in [0.25, 0.3) is 6.71 Å². The number of furan rings is 1. The molecule has 2 aliphatic rings. The van der Waals surface area contributed by atoms with Crippen molar-refractivity contribution in [3.05, 3.63) is 260 Å². The first-order chi connectivity index (χ1) is 38.3. The van der Waals surface area contributed by atoms with Crippen molar-refractivity contribution < 1.29 is 4.42 Å². The molecule has 11 aromatic carbocycles. The molecule has 0 saturated carbocycles. The Morgan fingerprint density at radius 1 is 0.397 bits per heavy atom. The Balaban J connectivity index is 1.17. The van der Waals surface area contributed by atoms with Gasteiger partial charge in [-0.25, -0.2) is 0 Å². The lowest BCUT2D eigenvalue weighted by molar-refractivity contribution is 0.590. The summed E-state index contributed by atoms with van der Waals surface area (Å²) in [5.41, 5.74) is 26.8. The van der Waals surface area contributed by atoms with Crippen LogP contribution in [0.4, 0.5) is 34.1 Å². The van der Waals surface area contributed by atoms with Crippen LogP contribution in [-0.4, -0.2) is 6.71 Å². The van der Waals surface area contributed by atoms with Gasteiger partial charge in [0.15, 0.2) is 0 Å². The Hall–Kier alpha value is -9.12. The zero-order valence-electron chi connectivity index (χ0n) is 44.7. The summed E-state index contributed by atoms with van der Waals surface area (Å²) in [4.78, 5) is 5.34. The van der Waals surface area contributed by atoms with Crippen LogP contribution in [0.5, 0.6) is 0 Å². The molecule has 1 aromatic heterocycles. The molecule has 2 aliphatic heterocycles.